The van der Waals surface area contributed by atoms with E-state index in [9.17, 15) is 19.7 Å². The Morgan fingerprint density at radius 3 is 2.56 bits per heavy atom. The highest BCUT2D eigenvalue weighted by Crippen LogP contribution is 2.22. The van der Waals surface area contributed by atoms with Gasteiger partial charge in [0.1, 0.15) is 24.3 Å². The van der Waals surface area contributed by atoms with Crippen LogP contribution < -0.4 is 10.1 Å². The Labute approximate surface area is 195 Å². The number of aromatic nitrogens is 3. The minimum absolute atomic E-state index is 0.000213. The van der Waals surface area contributed by atoms with E-state index in [0.717, 1.165) is 19.4 Å². The molecule has 0 saturated carbocycles. The average Bonchev–Trinajstić information content (AvgIpc) is 3.28. The highest BCUT2D eigenvalue weighted by Gasteiger charge is 2.15. The fourth-order valence-corrected chi connectivity index (χ4v) is 2.81. The number of unbranched alkanes of at least 4 members (excludes halogenated alkanes) is 1. The molecule has 0 aliphatic rings. The zero-order valence-electron chi connectivity index (χ0n) is 19.1. The van der Waals surface area contributed by atoms with Crippen LogP contribution in [0.3, 0.4) is 0 Å². The van der Waals surface area contributed by atoms with Crippen LogP contribution in [0.15, 0.2) is 42.9 Å². The number of hydrogen-bond acceptors (Lipinski definition) is 9. The first-order chi connectivity index (χ1) is 16.3. The van der Waals surface area contributed by atoms with Gasteiger partial charge in [0.05, 0.1) is 16.4 Å². The summed E-state index contributed by atoms with van der Waals surface area (Å²) in [5.41, 5.74) is 0.318. The summed E-state index contributed by atoms with van der Waals surface area (Å²) in [6.07, 6.45) is 4.27. The van der Waals surface area contributed by atoms with E-state index in [1.165, 1.54) is 41.4 Å². The predicted octanol–water partition coefficient (Wildman–Crippen LogP) is 3.59. The van der Waals surface area contributed by atoms with E-state index in [-0.39, 0.29) is 23.8 Å². The number of nitrogens with one attached hydrogen (secondary N) is 1. The van der Waals surface area contributed by atoms with E-state index in [0.29, 0.717) is 16.9 Å². The molecule has 12 heteroatoms. The van der Waals surface area contributed by atoms with E-state index >= 15 is 0 Å². The van der Waals surface area contributed by atoms with E-state index in [2.05, 4.69) is 22.2 Å². The molecule has 2 heterocycles. The monoisotopic (exact) mass is 467 g/mol. The first-order valence-corrected chi connectivity index (χ1v) is 10.4. The van der Waals surface area contributed by atoms with Crippen LogP contribution in [-0.4, -0.2) is 57.0 Å². The minimum atomic E-state index is -0.672. The van der Waals surface area contributed by atoms with Crippen LogP contribution >= 0.6 is 0 Å². The number of nitrogens with zero attached hydrogens (tertiary/aromatic N) is 6. The second-order valence-corrected chi connectivity index (χ2v) is 7.02. The lowest BCUT2D eigenvalue weighted by atomic mass is 10.3. The average molecular weight is 467 g/mol. The molecule has 0 spiro atoms. The third kappa shape index (κ3) is 6.73. The number of nitro benzene ring substituents is 1. The van der Waals surface area contributed by atoms with Crippen molar-refractivity contribution in [2.24, 2.45) is 0 Å². The number of carbonyl (C=O) groups excluding carboxylic acids is 2. The molecule has 0 aliphatic heterocycles. The molecule has 1 N–H and O–H groups in total. The number of carbonyl (C=O) groups is 2. The summed E-state index contributed by atoms with van der Waals surface area (Å²) in [4.78, 5) is 43.0. The summed E-state index contributed by atoms with van der Waals surface area (Å²) in [7, 11) is 3.45. The summed E-state index contributed by atoms with van der Waals surface area (Å²) in [6.45, 7) is 2.83. The Hall–Kier alpha value is -4.53. The van der Waals surface area contributed by atoms with Crippen LogP contribution in [0.1, 0.15) is 26.2 Å². The molecule has 0 atom stereocenters. The zero-order valence-corrected chi connectivity index (χ0v) is 19.1. The van der Waals surface area contributed by atoms with Gasteiger partial charge in [-0.2, -0.15) is 5.26 Å². The lowest BCUT2D eigenvalue weighted by Gasteiger charge is -2.14. The third-order valence-electron chi connectivity index (χ3n) is 4.67. The molecule has 0 bridgehead atoms. The number of anilines is 1. The van der Waals surface area contributed by atoms with Gasteiger partial charge in [0.25, 0.3) is 5.69 Å². The Balaban J connectivity index is 0.000000316. The topological polar surface area (TPSA) is 156 Å². The zero-order chi connectivity index (χ0) is 25.1. The van der Waals surface area contributed by atoms with Crippen LogP contribution in [-0.2, 0) is 4.79 Å². The second kappa shape index (κ2) is 12.5. The summed E-state index contributed by atoms with van der Waals surface area (Å²) < 4.78 is 6.43. The maximum atomic E-state index is 12.2. The van der Waals surface area contributed by atoms with Crippen molar-refractivity contribution in [1.82, 2.24) is 19.4 Å². The Morgan fingerprint density at radius 2 is 1.97 bits per heavy atom. The molecule has 3 aromatic rings. The number of benzene rings is 1. The quantitative estimate of drug-likeness (QED) is 0.405. The van der Waals surface area contributed by atoms with Crippen LogP contribution in [0.5, 0.6) is 5.75 Å². The fourth-order valence-electron chi connectivity index (χ4n) is 2.81. The number of nitriles is 1. The minimum Gasteiger partial charge on any atom is -0.410 e. The molecule has 178 valence electrons. The van der Waals surface area contributed by atoms with Crippen LogP contribution in [0.4, 0.5) is 16.3 Å². The number of ether oxygens (including phenoxy) is 1. The summed E-state index contributed by atoms with van der Waals surface area (Å²) >= 11 is 0. The van der Waals surface area contributed by atoms with Crippen LogP contribution in [0.2, 0.25) is 0 Å². The van der Waals surface area contributed by atoms with Crippen LogP contribution in [0, 0.1) is 21.4 Å². The molecular weight excluding hydrogens is 442 g/mol. The summed E-state index contributed by atoms with van der Waals surface area (Å²) in [6, 6.07) is 8.76. The first-order valence-electron chi connectivity index (χ1n) is 10.4. The van der Waals surface area contributed by atoms with Gasteiger partial charge in [-0.15, -0.1) is 0 Å². The van der Waals surface area contributed by atoms with Crippen molar-refractivity contribution >= 4 is 34.5 Å². The van der Waals surface area contributed by atoms with Gasteiger partial charge < -0.3 is 15.0 Å². The number of nitro groups is 1. The third-order valence-corrected chi connectivity index (χ3v) is 4.67. The summed E-state index contributed by atoms with van der Waals surface area (Å²) in [5.74, 6) is 0.711. The van der Waals surface area contributed by atoms with Gasteiger partial charge in [0.15, 0.2) is 5.65 Å². The largest absolute Gasteiger partial charge is 0.425 e. The highest BCUT2D eigenvalue weighted by atomic mass is 16.6. The number of hydrogen-bond donors (Lipinski definition) is 1. The molecule has 1 aromatic carbocycles. The van der Waals surface area contributed by atoms with Gasteiger partial charge in [-0.3, -0.25) is 14.9 Å². The normalized spacial score (nSPS) is 9.94. The standard InChI is InChI=1S/C14H11N5O4.C8H14N2O/c1-15-12-11-6-7-18(13(11)17-8-16-12)14(20)23-10-4-2-9(3-5-10)19(21)22;1-3-4-7-10(2)8(11)5-6-9/h2-8H,1H3,(H,15,16,17);3-5,7H2,1-2H3. The van der Waals surface area contributed by atoms with Crippen molar-refractivity contribution in [3.63, 3.8) is 0 Å². The van der Waals surface area contributed by atoms with Crippen molar-refractivity contribution in [3.8, 4) is 11.8 Å². The number of amides is 1. The Kier molecular flexibility index (Phi) is 9.45. The fraction of sp³-hybridized carbons (Fsp3) is 0.318. The van der Waals surface area contributed by atoms with E-state index < -0.39 is 11.0 Å². The van der Waals surface area contributed by atoms with Gasteiger partial charge in [-0.25, -0.2) is 19.3 Å². The van der Waals surface area contributed by atoms with E-state index in [4.69, 9.17) is 10.00 Å². The Bertz CT molecular complexity index is 1180. The molecule has 0 aliphatic carbocycles. The number of rotatable bonds is 7. The highest BCUT2D eigenvalue weighted by molar-refractivity contribution is 5.93. The van der Waals surface area contributed by atoms with Crippen LogP contribution in [0.25, 0.3) is 11.0 Å². The van der Waals surface area contributed by atoms with Crippen molar-refractivity contribution in [2.45, 2.75) is 26.2 Å². The Morgan fingerprint density at radius 1 is 1.26 bits per heavy atom. The molecular formula is C22H25N7O5. The van der Waals surface area contributed by atoms with Crippen molar-refractivity contribution in [3.05, 3.63) is 53.0 Å². The first kappa shape index (κ1) is 25.7. The smallest absolute Gasteiger partial charge is 0.410 e. The van der Waals surface area contributed by atoms with E-state index in [1.807, 2.05) is 6.07 Å². The summed E-state index contributed by atoms with van der Waals surface area (Å²) in [5, 5.41) is 22.4. The van der Waals surface area contributed by atoms with Gasteiger partial charge in [-0.1, -0.05) is 13.3 Å². The van der Waals surface area contributed by atoms with Gasteiger partial charge in [0.2, 0.25) is 5.91 Å². The van der Waals surface area contributed by atoms with E-state index in [1.54, 1.807) is 25.1 Å². The molecule has 2 aromatic heterocycles. The van der Waals surface area contributed by atoms with Gasteiger partial charge in [0, 0.05) is 39.0 Å². The van der Waals surface area contributed by atoms with Crippen molar-refractivity contribution < 1.29 is 19.2 Å². The molecule has 0 radical (unpaired) electrons. The van der Waals surface area contributed by atoms with Crippen molar-refractivity contribution in [2.75, 3.05) is 26.0 Å². The maximum absolute atomic E-state index is 12.2. The maximum Gasteiger partial charge on any atom is 0.425 e. The second-order valence-electron chi connectivity index (χ2n) is 7.02. The lowest BCUT2D eigenvalue weighted by Crippen LogP contribution is -2.26. The molecule has 0 saturated heterocycles. The molecule has 0 unspecified atom stereocenters. The predicted molar refractivity (Wildman–Crippen MR) is 124 cm³/mol. The van der Waals surface area contributed by atoms with Gasteiger partial charge >= 0.3 is 6.09 Å². The van der Waals surface area contributed by atoms with Crippen molar-refractivity contribution in [1.29, 1.82) is 5.26 Å². The van der Waals surface area contributed by atoms with Gasteiger partial charge in [-0.05, 0) is 24.6 Å². The molecule has 0 fully saturated rings. The molecule has 34 heavy (non-hydrogen) atoms. The molecule has 3 rings (SSSR count). The lowest BCUT2D eigenvalue weighted by molar-refractivity contribution is -0.384. The number of fused-ring (bicyclic) bond motifs is 1. The molecule has 12 nitrogen and oxygen atoms in total. The SMILES string of the molecule is CCCCN(C)C(=O)CC#N.CNc1ncnc2c1ccn2C(=O)Oc1ccc([N+](=O)[O-])cc1. The molecule has 1 amide bonds. The number of non-ortho nitro benzene ring substituents is 1.